The maximum Gasteiger partial charge on any atom is 0.293 e. The topological polar surface area (TPSA) is 116 Å². The van der Waals surface area contributed by atoms with Gasteiger partial charge in [-0.3, -0.25) is 19.6 Å². The summed E-state index contributed by atoms with van der Waals surface area (Å²) >= 11 is 0. The minimum Gasteiger partial charge on any atom is -0.393 e. The number of carbonyl (C=O) groups is 1. The maximum absolute atomic E-state index is 12.6. The molecule has 1 atom stereocenters. The number of benzene rings is 1. The molecule has 0 bridgehead atoms. The van der Waals surface area contributed by atoms with Gasteiger partial charge in [0.25, 0.3) is 11.6 Å². The SMILES string of the molecule is Cc1cc(C(=O)N[C@H]2CCCc3c2cnn3C)c(N)c([N+](=O)[O-])c1. The van der Waals surface area contributed by atoms with Crippen LogP contribution < -0.4 is 11.1 Å². The molecule has 24 heavy (non-hydrogen) atoms. The van der Waals surface area contributed by atoms with Crippen molar-refractivity contribution in [2.24, 2.45) is 7.05 Å². The van der Waals surface area contributed by atoms with Gasteiger partial charge in [-0.1, -0.05) is 0 Å². The molecule has 0 spiro atoms. The lowest BCUT2D eigenvalue weighted by Crippen LogP contribution is -2.31. The summed E-state index contributed by atoms with van der Waals surface area (Å²) in [7, 11) is 1.88. The van der Waals surface area contributed by atoms with E-state index in [9.17, 15) is 14.9 Å². The second-order valence-corrected chi connectivity index (χ2v) is 6.09. The molecule has 0 saturated carbocycles. The van der Waals surface area contributed by atoms with Gasteiger partial charge in [0.2, 0.25) is 0 Å². The predicted molar refractivity (Wildman–Crippen MR) is 88.6 cm³/mol. The zero-order valence-electron chi connectivity index (χ0n) is 13.6. The molecule has 2 aromatic rings. The number of carbonyl (C=O) groups excluding carboxylic acids is 1. The second kappa shape index (κ2) is 5.95. The van der Waals surface area contributed by atoms with Crippen LogP contribution in [0.4, 0.5) is 11.4 Å². The fraction of sp³-hybridized carbons (Fsp3) is 0.375. The quantitative estimate of drug-likeness (QED) is 0.508. The van der Waals surface area contributed by atoms with Gasteiger partial charge >= 0.3 is 0 Å². The van der Waals surface area contributed by atoms with Crippen molar-refractivity contribution in [1.29, 1.82) is 0 Å². The van der Waals surface area contributed by atoms with E-state index in [1.807, 2.05) is 11.7 Å². The van der Waals surface area contributed by atoms with Gasteiger partial charge in [-0.2, -0.15) is 5.10 Å². The number of nitrogens with zero attached hydrogens (tertiary/aromatic N) is 3. The molecule has 1 aromatic carbocycles. The van der Waals surface area contributed by atoms with E-state index >= 15 is 0 Å². The summed E-state index contributed by atoms with van der Waals surface area (Å²) in [5.41, 5.74) is 8.35. The molecular weight excluding hydrogens is 310 g/mol. The molecule has 1 aliphatic carbocycles. The number of anilines is 1. The van der Waals surface area contributed by atoms with Gasteiger partial charge in [-0.05, 0) is 37.8 Å². The summed E-state index contributed by atoms with van der Waals surface area (Å²) in [5, 5.41) is 18.3. The standard InChI is InChI=1S/C16H19N5O3/c1-9-6-10(15(17)14(7-9)21(23)24)16(22)19-12-4-3-5-13-11(12)8-18-20(13)2/h6-8,12H,3-5,17H2,1-2H3,(H,19,22)/t12-/m0/s1. The molecule has 8 heteroatoms. The summed E-state index contributed by atoms with van der Waals surface area (Å²) in [6.45, 7) is 1.70. The summed E-state index contributed by atoms with van der Waals surface area (Å²) in [6.07, 6.45) is 4.44. The molecule has 1 aliphatic rings. The fourth-order valence-corrected chi connectivity index (χ4v) is 3.21. The number of aromatic nitrogens is 2. The van der Waals surface area contributed by atoms with Crippen LogP contribution >= 0.6 is 0 Å². The van der Waals surface area contributed by atoms with Crippen molar-refractivity contribution in [3.8, 4) is 0 Å². The average molecular weight is 329 g/mol. The lowest BCUT2D eigenvalue weighted by atomic mass is 9.92. The molecule has 0 aliphatic heterocycles. The van der Waals surface area contributed by atoms with E-state index in [1.165, 1.54) is 6.07 Å². The van der Waals surface area contributed by atoms with Crippen molar-refractivity contribution in [3.63, 3.8) is 0 Å². The zero-order valence-corrected chi connectivity index (χ0v) is 13.6. The van der Waals surface area contributed by atoms with E-state index in [4.69, 9.17) is 5.73 Å². The third-order valence-corrected chi connectivity index (χ3v) is 4.42. The van der Waals surface area contributed by atoms with Gasteiger partial charge in [-0.15, -0.1) is 0 Å². The van der Waals surface area contributed by atoms with Crippen LogP contribution in [-0.2, 0) is 13.5 Å². The Morgan fingerprint density at radius 3 is 2.96 bits per heavy atom. The minimum atomic E-state index is -0.570. The molecule has 0 radical (unpaired) electrons. The largest absolute Gasteiger partial charge is 0.393 e. The van der Waals surface area contributed by atoms with Gasteiger partial charge in [0.1, 0.15) is 5.69 Å². The van der Waals surface area contributed by atoms with E-state index in [-0.39, 0.29) is 23.0 Å². The summed E-state index contributed by atoms with van der Waals surface area (Å²) in [6, 6.07) is 2.78. The van der Waals surface area contributed by atoms with Crippen LogP contribution in [0.1, 0.15) is 46.1 Å². The van der Waals surface area contributed by atoms with Crippen LogP contribution in [0, 0.1) is 17.0 Å². The Bertz CT molecular complexity index is 827. The highest BCUT2D eigenvalue weighted by Gasteiger charge is 2.27. The van der Waals surface area contributed by atoms with Crippen LogP contribution in [0.15, 0.2) is 18.3 Å². The number of fused-ring (bicyclic) bond motifs is 1. The maximum atomic E-state index is 12.6. The van der Waals surface area contributed by atoms with Crippen molar-refractivity contribution >= 4 is 17.3 Å². The average Bonchev–Trinajstić information content (AvgIpc) is 2.91. The number of hydrogen-bond donors (Lipinski definition) is 2. The first-order chi connectivity index (χ1) is 11.4. The highest BCUT2D eigenvalue weighted by Crippen LogP contribution is 2.31. The number of amides is 1. The summed E-state index contributed by atoms with van der Waals surface area (Å²) < 4.78 is 1.82. The molecule has 8 nitrogen and oxygen atoms in total. The molecule has 0 unspecified atom stereocenters. The Kier molecular flexibility index (Phi) is 3.96. The van der Waals surface area contributed by atoms with Crippen LogP contribution in [0.5, 0.6) is 0 Å². The van der Waals surface area contributed by atoms with Crippen molar-refractivity contribution in [3.05, 3.63) is 50.8 Å². The van der Waals surface area contributed by atoms with Crippen LogP contribution in [0.3, 0.4) is 0 Å². The predicted octanol–water partition coefficient (Wildman–Crippen LogP) is 2.03. The second-order valence-electron chi connectivity index (χ2n) is 6.09. The van der Waals surface area contributed by atoms with Crippen LogP contribution in [0.2, 0.25) is 0 Å². The number of rotatable bonds is 3. The minimum absolute atomic E-state index is 0.106. The van der Waals surface area contributed by atoms with E-state index in [0.29, 0.717) is 5.56 Å². The first kappa shape index (κ1) is 16.0. The van der Waals surface area contributed by atoms with Crippen molar-refractivity contribution < 1.29 is 9.72 Å². The normalized spacial score (nSPS) is 16.5. The summed E-state index contributed by atoms with van der Waals surface area (Å²) in [5.74, 6) is -0.402. The Balaban J connectivity index is 1.90. The van der Waals surface area contributed by atoms with Crippen molar-refractivity contribution in [2.75, 3.05) is 5.73 Å². The Labute approximate surface area is 138 Å². The first-order valence-corrected chi connectivity index (χ1v) is 7.74. The number of nitrogen functional groups attached to an aromatic ring is 1. The number of aryl methyl sites for hydroxylation is 2. The van der Waals surface area contributed by atoms with E-state index in [1.54, 1.807) is 19.2 Å². The molecule has 1 aromatic heterocycles. The van der Waals surface area contributed by atoms with Gasteiger partial charge < -0.3 is 11.1 Å². The molecule has 3 rings (SSSR count). The Morgan fingerprint density at radius 1 is 1.50 bits per heavy atom. The smallest absolute Gasteiger partial charge is 0.293 e. The van der Waals surface area contributed by atoms with Crippen molar-refractivity contribution in [2.45, 2.75) is 32.2 Å². The third kappa shape index (κ3) is 2.70. The van der Waals surface area contributed by atoms with Gasteiger partial charge in [-0.25, -0.2) is 0 Å². The molecule has 3 N–H and O–H groups in total. The van der Waals surface area contributed by atoms with Gasteiger partial charge in [0.05, 0.1) is 22.7 Å². The lowest BCUT2D eigenvalue weighted by Gasteiger charge is -2.24. The lowest BCUT2D eigenvalue weighted by molar-refractivity contribution is -0.384. The first-order valence-electron chi connectivity index (χ1n) is 7.74. The van der Waals surface area contributed by atoms with Crippen LogP contribution in [-0.4, -0.2) is 20.6 Å². The van der Waals surface area contributed by atoms with Crippen molar-refractivity contribution in [1.82, 2.24) is 15.1 Å². The monoisotopic (exact) mass is 329 g/mol. The number of nitrogens with two attached hydrogens (primary N) is 1. The van der Waals surface area contributed by atoms with E-state index in [2.05, 4.69) is 10.4 Å². The van der Waals surface area contributed by atoms with Gasteiger partial charge in [0, 0.05) is 24.4 Å². The van der Waals surface area contributed by atoms with E-state index in [0.717, 1.165) is 30.5 Å². The molecule has 1 heterocycles. The number of nitro benzene ring substituents is 1. The molecular formula is C16H19N5O3. The highest BCUT2D eigenvalue weighted by atomic mass is 16.6. The molecule has 0 saturated heterocycles. The molecule has 0 fully saturated rings. The van der Waals surface area contributed by atoms with Gasteiger partial charge in [0.15, 0.2) is 0 Å². The Morgan fingerprint density at radius 2 is 2.25 bits per heavy atom. The highest BCUT2D eigenvalue weighted by molar-refractivity contribution is 6.01. The Hall–Kier alpha value is -2.90. The third-order valence-electron chi connectivity index (χ3n) is 4.42. The zero-order chi connectivity index (χ0) is 17.4. The van der Waals surface area contributed by atoms with E-state index < -0.39 is 10.8 Å². The molecule has 126 valence electrons. The number of hydrogen-bond acceptors (Lipinski definition) is 5. The fourth-order valence-electron chi connectivity index (χ4n) is 3.21. The number of nitrogens with one attached hydrogen (secondary N) is 1. The molecule has 1 amide bonds. The van der Waals surface area contributed by atoms with Crippen LogP contribution in [0.25, 0.3) is 0 Å². The summed E-state index contributed by atoms with van der Waals surface area (Å²) in [4.78, 5) is 23.2. The number of nitro groups is 1.